The summed E-state index contributed by atoms with van der Waals surface area (Å²) in [5, 5.41) is 16.4. The van der Waals surface area contributed by atoms with Gasteiger partial charge in [0.2, 0.25) is 11.8 Å². The van der Waals surface area contributed by atoms with Gasteiger partial charge in [0.05, 0.1) is 46.2 Å². The van der Waals surface area contributed by atoms with Crippen molar-refractivity contribution in [1.82, 2.24) is 21.3 Å². The van der Waals surface area contributed by atoms with Crippen LogP contribution >= 0.6 is 0 Å². The van der Waals surface area contributed by atoms with Crippen LogP contribution in [0.4, 0.5) is 20.1 Å². The van der Waals surface area contributed by atoms with Crippen LogP contribution < -0.4 is 31.3 Å². The molecule has 2 aromatic rings. The molecule has 0 aliphatic rings. The summed E-state index contributed by atoms with van der Waals surface area (Å²) in [6, 6.07) is 13.2. The summed E-state index contributed by atoms with van der Waals surface area (Å²) in [6.07, 6.45) is -2.22. The van der Waals surface area contributed by atoms with Crippen LogP contribution in [0.25, 0.3) is 0 Å². The molecule has 6 N–H and O–H groups in total. The van der Waals surface area contributed by atoms with E-state index in [-0.39, 0.29) is 38.3 Å². The number of para-hydroxylation sites is 1. The summed E-state index contributed by atoms with van der Waals surface area (Å²) in [5.74, 6) is -0.750. The molecular formula is C38H57N7O11. The smallest absolute Gasteiger partial charge is 0.412 e. The van der Waals surface area contributed by atoms with Crippen molar-refractivity contribution in [2.24, 2.45) is 5.11 Å². The van der Waals surface area contributed by atoms with Crippen molar-refractivity contribution < 1.29 is 52.4 Å². The fourth-order valence-corrected chi connectivity index (χ4v) is 4.54. The zero-order valence-corrected chi connectivity index (χ0v) is 33.1. The zero-order valence-electron chi connectivity index (χ0n) is 33.1. The lowest BCUT2D eigenvalue weighted by Gasteiger charge is -2.23. The van der Waals surface area contributed by atoms with Crippen molar-refractivity contribution in [3.05, 3.63) is 60.2 Å². The van der Waals surface area contributed by atoms with Gasteiger partial charge in [-0.25, -0.2) is 19.9 Å². The Morgan fingerprint density at radius 3 is 1.77 bits per heavy atom. The SMILES string of the molecule is CC(C)(C)OC(=O)N[C@@H](CCNC(=O)Oc1ccc(C[C@H](NC(=O)OC(C)(C)C)C(=O)Nc2ccccc2)cc1)C(=O)NCCOCCOCCOCCN=N. The molecule has 56 heavy (non-hydrogen) atoms. The molecule has 0 aromatic heterocycles. The highest BCUT2D eigenvalue weighted by Crippen LogP contribution is 2.16. The van der Waals surface area contributed by atoms with Gasteiger partial charge in [-0.3, -0.25) is 9.59 Å². The number of nitrogens with one attached hydrogen (secondary N) is 6. The van der Waals surface area contributed by atoms with Gasteiger partial charge in [0.15, 0.2) is 0 Å². The van der Waals surface area contributed by atoms with Gasteiger partial charge in [-0.2, -0.15) is 5.11 Å². The summed E-state index contributed by atoms with van der Waals surface area (Å²) in [7, 11) is 0. The lowest BCUT2D eigenvalue weighted by molar-refractivity contribution is -0.123. The maximum absolute atomic E-state index is 13.2. The molecular weight excluding hydrogens is 730 g/mol. The molecule has 18 nitrogen and oxygen atoms in total. The van der Waals surface area contributed by atoms with Gasteiger partial charge in [-0.05, 0) is 77.8 Å². The second-order valence-corrected chi connectivity index (χ2v) is 14.2. The van der Waals surface area contributed by atoms with Gasteiger partial charge in [-0.15, -0.1) is 0 Å². The van der Waals surface area contributed by atoms with Crippen molar-refractivity contribution in [2.45, 2.75) is 77.7 Å². The van der Waals surface area contributed by atoms with Crippen LogP contribution in [0.1, 0.15) is 53.5 Å². The van der Waals surface area contributed by atoms with E-state index in [0.717, 1.165) is 0 Å². The van der Waals surface area contributed by atoms with Crippen LogP contribution in [-0.4, -0.2) is 113 Å². The normalized spacial score (nSPS) is 12.3. The number of benzene rings is 2. The van der Waals surface area contributed by atoms with Gasteiger partial charge in [0.1, 0.15) is 29.0 Å². The van der Waals surface area contributed by atoms with E-state index in [2.05, 4.69) is 31.7 Å². The number of nitrogens with zero attached hydrogens (tertiary/aromatic N) is 1. The summed E-state index contributed by atoms with van der Waals surface area (Å²) in [4.78, 5) is 63.8. The minimum Gasteiger partial charge on any atom is -0.444 e. The summed E-state index contributed by atoms with van der Waals surface area (Å²) in [6.45, 7) is 12.6. The van der Waals surface area contributed by atoms with E-state index in [1.165, 1.54) is 12.1 Å². The first-order chi connectivity index (χ1) is 26.5. The molecule has 0 saturated heterocycles. The van der Waals surface area contributed by atoms with Crippen LogP contribution in [0.2, 0.25) is 0 Å². The molecule has 5 amide bonds. The third-order valence-electron chi connectivity index (χ3n) is 6.97. The highest BCUT2D eigenvalue weighted by molar-refractivity contribution is 5.96. The molecule has 0 unspecified atom stereocenters. The zero-order chi connectivity index (χ0) is 41.4. The molecule has 0 fully saturated rings. The van der Waals surface area contributed by atoms with Gasteiger partial charge in [0, 0.05) is 25.2 Å². The largest absolute Gasteiger partial charge is 0.444 e. The molecule has 2 atom stereocenters. The number of anilines is 1. The van der Waals surface area contributed by atoms with E-state index in [1.807, 2.05) is 6.07 Å². The highest BCUT2D eigenvalue weighted by atomic mass is 16.6. The summed E-state index contributed by atoms with van der Waals surface area (Å²) < 4.78 is 32.1. The molecule has 2 rings (SSSR count). The molecule has 0 saturated carbocycles. The fraction of sp³-hybridized carbons (Fsp3) is 0.553. The Morgan fingerprint density at radius 1 is 0.643 bits per heavy atom. The Bertz CT molecular complexity index is 1510. The maximum atomic E-state index is 13.2. The van der Waals surface area contributed by atoms with Crippen molar-refractivity contribution >= 4 is 35.8 Å². The number of carbonyl (C=O) groups is 5. The quantitative estimate of drug-likeness (QED) is 0.0685. The second-order valence-electron chi connectivity index (χ2n) is 14.2. The van der Waals surface area contributed by atoms with Crippen LogP contribution in [0.3, 0.4) is 0 Å². The average molecular weight is 788 g/mol. The monoisotopic (exact) mass is 787 g/mol. The second kappa shape index (κ2) is 25.0. The van der Waals surface area contributed by atoms with Crippen LogP contribution in [-0.2, 0) is 39.7 Å². The Balaban J connectivity index is 1.88. The van der Waals surface area contributed by atoms with E-state index in [0.29, 0.717) is 50.8 Å². The number of hydrogen-bond donors (Lipinski definition) is 6. The van der Waals surface area contributed by atoms with Gasteiger partial charge in [-0.1, -0.05) is 30.3 Å². The minimum absolute atomic E-state index is 0.0167. The first-order valence-electron chi connectivity index (χ1n) is 18.3. The number of hydrogen-bond acceptors (Lipinski definition) is 13. The number of carbonyl (C=O) groups excluding carboxylic acids is 5. The number of rotatable bonds is 23. The number of alkyl carbamates (subject to hydrolysis) is 2. The van der Waals surface area contributed by atoms with Gasteiger partial charge < -0.3 is 55.0 Å². The minimum atomic E-state index is -1.04. The average Bonchev–Trinajstić information content (AvgIpc) is 3.11. The Hall–Kier alpha value is -5.33. The Labute approximate surface area is 327 Å². The standard InChI is InChI=1S/C38H57N7O11/c1-37(2,3)55-35(49)44-30(32(46)40-18-20-51-22-24-53-25-23-52-21-19-42-39)16-17-41-34(48)54-29-14-12-27(13-15-29)26-31(45-36(50)56-38(4,5)6)33(47)43-28-10-8-7-9-11-28/h7-15,30-31,39H,16-26H2,1-6H3,(H,40,46)(H,41,48)(H,43,47)(H,44,49)(H,45,50)/t30-,31-/m0/s1. The predicted molar refractivity (Wildman–Crippen MR) is 206 cm³/mol. The molecule has 310 valence electrons. The summed E-state index contributed by atoms with van der Waals surface area (Å²) >= 11 is 0. The molecule has 0 aliphatic heterocycles. The number of ether oxygens (including phenoxy) is 6. The third kappa shape index (κ3) is 22.1. The predicted octanol–water partition coefficient (Wildman–Crippen LogP) is 4.33. The summed E-state index contributed by atoms with van der Waals surface area (Å²) in [5.41, 5.74) is 6.36. The molecule has 0 spiro atoms. The van der Waals surface area contributed by atoms with E-state index in [9.17, 15) is 24.0 Å². The first kappa shape index (κ1) is 46.8. The van der Waals surface area contributed by atoms with E-state index in [1.54, 1.807) is 77.9 Å². The topological polar surface area (TPSA) is 237 Å². The fourth-order valence-electron chi connectivity index (χ4n) is 4.54. The first-order valence-corrected chi connectivity index (χ1v) is 18.3. The Kier molecular flexibility index (Phi) is 20.9. The molecule has 0 aliphatic carbocycles. The van der Waals surface area contributed by atoms with Crippen molar-refractivity contribution in [1.29, 1.82) is 5.53 Å². The van der Waals surface area contributed by atoms with Crippen molar-refractivity contribution in [3.63, 3.8) is 0 Å². The van der Waals surface area contributed by atoms with Gasteiger partial charge in [0.25, 0.3) is 0 Å². The molecule has 0 radical (unpaired) electrons. The van der Waals surface area contributed by atoms with E-state index < -0.39 is 53.4 Å². The Morgan fingerprint density at radius 2 is 1.20 bits per heavy atom. The molecule has 0 bridgehead atoms. The van der Waals surface area contributed by atoms with Crippen LogP contribution in [0.15, 0.2) is 59.7 Å². The molecule has 18 heteroatoms. The van der Waals surface area contributed by atoms with Crippen molar-refractivity contribution in [2.75, 3.05) is 64.6 Å². The third-order valence-corrected chi connectivity index (χ3v) is 6.97. The lowest BCUT2D eigenvalue weighted by Crippen LogP contribution is -2.50. The molecule has 0 heterocycles. The van der Waals surface area contributed by atoms with E-state index in [4.69, 9.17) is 34.0 Å². The van der Waals surface area contributed by atoms with E-state index >= 15 is 0 Å². The highest BCUT2D eigenvalue weighted by Gasteiger charge is 2.26. The molecule has 2 aromatic carbocycles. The van der Waals surface area contributed by atoms with Crippen LogP contribution in [0, 0.1) is 5.53 Å². The van der Waals surface area contributed by atoms with Crippen LogP contribution in [0.5, 0.6) is 5.75 Å². The maximum Gasteiger partial charge on any atom is 0.412 e. The van der Waals surface area contributed by atoms with Crippen molar-refractivity contribution in [3.8, 4) is 5.75 Å². The number of amides is 5. The van der Waals surface area contributed by atoms with Gasteiger partial charge >= 0.3 is 18.3 Å². The lowest BCUT2D eigenvalue weighted by atomic mass is 10.0.